The first-order valence-electron chi connectivity index (χ1n) is 11.5. The molecule has 0 spiro atoms. The van der Waals surface area contributed by atoms with Gasteiger partial charge in [-0.1, -0.05) is 12.1 Å². The van der Waals surface area contributed by atoms with E-state index in [1.807, 2.05) is 35.4 Å². The minimum Gasteiger partial charge on any atom is -0.382 e. The second-order valence-electron chi connectivity index (χ2n) is 8.62. The van der Waals surface area contributed by atoms with Crippen LogP contribution in [0.5, 0.6) is 0 Å². The maximum absolute atomic E-state index is 12.6. The number of nitrogens with one attached hydrogen (secondary N) is 1. The van der Waals surface area contributed by atoms with Crippen LogP contribution < -0.4 is 10.2 Å². The first kappa shape index (κ1) is 23.2. The summed E-state index contributed by atoms with van der Waals surface area (Å²) in [7, 11) is 1.61. The molecule has 3 heterocycles. The maximum Gasteiger partial charge on any atom is 0.248 e. The first-order valence-corrected chi connectivity index (χ1v) is 11.5. The fraction of sp³-hybridized carbons (Fsp3) is 0.480. The molecule has 2 saturated heterocycles. The number of hydrogen-bond acceptors (Lipinski definition) is 6. The fourth-order valence-corrected chi connectivity index (χ4v) is 4.33. The van der Waals surface area contributed by atoms with Crippen molar-refractivity contribution >= 4 is 23.2 Å². The highest BCUT2D eigenvalue weighted by Crippen LogP contribution is 2.29. The smallest absolute Gasteiger partial charge is 0.248 e. The van der Waals surface area contributed by atoms with Crippen LogP contribution >= 0.6 is 0 Å². The molecule has 0 unspecified atom stereocenters. The lowest BCUT2D eigenvalue weighted by Gasteiger charge is -2.39. The van der Waals surface area contributed by atoms with E-state index in [0.717, 1.165) is 37.3 Å². The zero-order valence-corrected chi connectivity index (χ0v) is 19.1. The van der Waals surface area contributed by atoms with Gasteiger partial charge < -0.3 is 24.6 Å². The summed E-state index contributed by atoms with van der Waals surface area (Å²) in [5.41, 5.74) is 3.13. The van der Waals surface area contributed by atoms with E-state index in [0.29, 0.717) is 32.2 Å². The molecule has 2 aliphatic heterocycles. The minimum absolute atomic E-state index is 0.00905. The highest BCUT2D eigenvalue weighted by Gasteiger charge is 2.33. The molecule has 33 heavy (non-hydrogen) atoms. The zero-order chi connectivity index (χ0) is 23.0. The number of nitrogens with zero attached hydrogens (tertiary/aromatic N) is 3. The van der Waals surface area contributed by atoms with E-state index in [4.69, 9.17) is 9.47 Å². The van der Waals surface area contributed by atoms with Gasteiger partial charge in [-0.05, 0) is 48.6 Å². The van der Waals surface area contributed by atoms with Gasteiger partial charge in [0, 0.05) is 45.2 Å². The quantitative estimate of drug-likeness (QED) is 0.589. The van der Waals surface area contributed by atoms with Crippen LogP contribution in [-0.4, -0.2) is 74.8 Å². The summed E-state index contributed by atoms with van der Waals surface area (Å²) in [6.45, 7) is 3.95. The largest absolute Gasteiger partial charge is 0.382 e. The summed E-state index contributed by atoms with van der Waals surface area (Å²) >= 11 is 0. The molecule has 1 aromatic heterocycles. The Morgan fingerprint density at radius 1 is 1.09 bits per heavy atom. The van der Waals surface area contributed by atoms with Crippen molar-refractivity contribution in [1.82, 2.24) is 9.88 Å². The molecule has 1 aromatic carbocycles. The van der Waals surface area contributed by atoms with Crippen LogP contribution in [0.4, 0.5) is 11.4 Å². The number of aromatic nitrogens is 1. The second-order valence-corrected chi connectivity index (χ2v) is 8.62. The van der Waals surface area contributed by atoms with Gasteiger partial charge in [0.05, 0.1) is 31.0 Å². The number of carbonyl (C=O) groups is 2. The van der Waals surface area contributed by atoms with Crippen molar-refractivity contribution in [2.45, 2.75) is 18.8 Å². The Bertz CT molecular complexity index is 908. The molecule has 2 aromatic rings. The van der Waals surface area contributed by atoms with Crippen molar-refractivity contribution in [1.29, 1.82) is 0 Å². The number of carbonyl (C=O) groups excluding carboxylic acids is 2. The van der Waals surface area contributed by atoms with Crippen LogP contribution in [0.3, 0.4) is 0 Å². The van der Waals surface area contributed by atoms with E-state index < -0.39 is 0 Å². The van der Waals surface area contributed by atoms with E-state index >= 15 is 0 Å². The summed E-state index contributed by atoms with van der Waals surface area (Å²) in [6.07, 6.45) is 5.44. The number of benzene rings is 1. The molecule has 2 aliphatic rings. The minimum atomic E-state index is -0.00905. The summed E-state index contributed by atoms with van der Waals surface area (Å²) in [6, 6.07) is 12.1. The summed E-state index contributed by atoms with van der Waals surface area (Å²) in [5.74, 6) is 0.515. The Morgan fingerprint density at radius 3 is 2.52 bits per heavy atom. The molecule has 0 radical (unpaired) electrons. The average Bonchev–Trinajstić information content (AvgIpc) is 2.82. The molecule has 8 nitrogen and oxygen atoms in total. The van der Waals surface area contributed by atoms with E-state index in [1.54, 1.807) is 13.3 Å². The van der Waals surface area contributed by atoms with Crippen molar-refractivity contribution in [3.05, 3.63) is 54.4 Å². The van der Waals surface area contributed by atoms with Gasteiger partial charge in [-0.25, -0.2) is 0 Å². The standard InChI is InChI=1S/C25H32N4O4/c1-32-13-14-33-18-24(30)28-11-8-20(9-12-28)19-4-6-22(7-5-19)27-25(31)21-16-29(17-21)23-3-2-10-26-15-23/h2-7,10,15,20-21H,8-9,11-14,16-18H2,1H3,(H,27,31). The Balaban J connectivity index is 1.19. The predicted molar refractivity (Wildman–Crippen MR) is 126 cm³/mol. The lowest BCUT2D eigenvalue weighted by atomic mass is 9.89. The Morgan fingerprint density at radius 2 is 1.85 bits per heavy atom. The van der Waals surface area contributed by atoms with Gasteiger partial charge in [0.1, 0.15) is 6.61 Å². The fourth-order valence-electron chi connectivity index (χ4n) is 4.33. The molecule has 1 N–H and O–H groups in total. The van der Waals surface area contributed by atoms with Crippen molar-refractivity contribution in [3.8, 4) is 0 Å². The van der Waals surface area contributed by atoms with Crippen LogP contribution in [0, 0.1) is 5.92 Å². The molecule has 0 atom stereocenters. The van der Waals surface area contributed by atoms with Gasteiger partial charge >= 0.3 is 0 Å². The number of ether oxygens (including phenoxy) is 2. The molecular formula is C25H32N4O4. The molecule has 4 rings (SSSR count). The lowest BCUT2D eigenvalue weighted by molar-refractivity contribution is -0.137. The van der Waals surface area contributed by atoms with Crippen LogP contribution in [0.25, 0.3) is 0 Å². The second kappa shape index (κ2) is 11.2. The van der Waals surface area contributed by atoms with Gasteiger partial charge in [-0.3, -0.25) is 14.6 Å². The van der Waals surface area contributed by atoms with Gasteiger partial charge in [-0.2, -0.15) is 0 Å². The summed E-state index contributed by atoms with van der Waals surface area (Å²) in [4.78, 5) is 33.0. The molecule has 2 fully saturated rings. The molecule has 2 amide bonds. The maximum atomic E-state index is 12.6. The van der Waals surface area contributed by atoms with Crippen molar-refractivity contribution in [2.75, 3.05) is 63.3 Å². The molecule has 0 saturated carbocycles. The first-order chi connectivity index (χ1) is 16.1. The third-order valence-electron chi connectivity index (χ3n) is 6.42. The van der Waals surface area contributed by atoms with Gasteiger partial charge in [0.15, 0.2) is 0 Å². The van der Waals surface area contributed by atoms with Gasteiger partial charge in [0.2, 0.25) is 11.8 Å². The number of anilines is 2. The summed E-state index contributed by atoms with van der Waals surface area (Å²) in [5, 5.41) is 3.04. The van der Waals surface area contributed by atoms with Crippen molar-refractivity contribution in [3.63, 3.8) is 0 Å². The van der Waals surface area contributed by atoms with Gasteiger partial charge in [0.25, 0.3) is 0 Å². The van der Waals surface area contributed by atoms with Crippen LogP contribution in [0.15, 0.2) is 48.8 Å². The highest BCUT2D eigenvalue weighted by molar-refractivity contribution is 5.94. The number of methoxy groups -OCH3 is 1. The zero-order valence-electron chi connectivity index (χ0n) is 19.1. The van der Waals surface area contributed by atoms with Crippen molar-refractivity contribution < 1.29 is 19.1 Å². The predicted octanol–water partition coefficient (Wildman–Crippen LogP) is 2.53. The number of pyridine rings is 1. The SMILES string of the molecule is COCCOCC(=O)N1CCC(c2ccc(NC(=O)C3CN(c4cccnc4)C3)cc2)CC1. The molecular weight excluding hydrogens is 420 g/mol. The number of hydrogen-bond donors (Lipinski definition) is 1. The van der Waals surface area contributed by atoms with E-state index in [-0.39, 0.29) is 24.3 Å². The van der Waals surface area contributed by atoms with E-state index in [9.17, 15) is 9.59 Å². The van der Waals surface area contributed by atoms with Crippen LogP contribution in [-0.2, 0) is 19.1 Å². The highest BCUT2D eigenvalue weighted by atomic mass is 16.5. The number of piperidine rings is 1. The van der Waals surface area contributed by atoms with E-state index in [2.05, 4.69) is 27.3 Å². The van der Waals surface area contributed by atoms with Gasteiger partial charge in [-0.15, -0.1) is 0 Å². The van der Waals surface area contributed by atoms with Crippen LogP contribution in [0.2, 0.25) is 0 Å². The summed E-state index contributed by atoms with van der Waals surface area (Å²) < 4.78 is 10.3. The molecule has 0 aliphatic carbocycles. The molecule has 8 heteroatoms. The third-order valence-corrected chi connectivity index (χ3v) is 6.42. The molecule has 0 bridgehead atoms. The van der Waals surface area contributed by atoms with Crippen molar-refractivity contribution in [2.24, 2.45) is 5.92 Å². The lowest BCUT2D eigenvalue weighted by Crippen LogP contribution is -2.52. The molecule has 176 valence electrons. The monoisotopic (exact) mass is 452 g/mol. The average molecular weight is 453 g/mol. The third kappa shape index (κ3) is 6.09. The number of rotatable bonds is 9. The van der Waals surface area contributed by atoms with Crippen LogP contribution in [0.1, 0.15) is 24.3 Å². The normalized spacial score (nSPS) is 17.0. The number of likely N-dealkylation sites (tertiary alicyclic amines) is 1. The topological polar surface area (TPSA) is 84.0 Å². The Labute approximate surface area is 194 Å². The number of amides is 2. The van der Waals surface area contributed by atoms with E-state index in [1.165, 1.54) is 5.56 Å². The Hall–Kier alpha value is -2.97. The Kier molecular flexibility index (Phi) is 7.91.